The molecule has 1 aromatic rings. The molecule has 1 rings (SSSR count). The predicted octanol–water partition coefficient (Wildman–Crippen LogP) is 2.58. The summed E-state index contributed by atoms with van der Waals surface area (Å²) < 4.78 is 11.9. The molecule has 1 atom stereocenters. The molecule has 1 aromatic carbocycles. The second kappa shape index (κ2) is 6.89. The molecule has 90 valence electrons. The van der Waals surface area contributed by atoms with E-state index in [1.54, 1.807) is 7.11 Å². The Kier molecular flexibility index (Phi) is 5.80. The lowest BCUT2D eigenvalue weighted by atomic mass is 10.2. The van der Waals surface area contributed by atoms with Crippen molar-refractivity contribution >= 4 is 15.9 Å². The van der Waals surface area contributed by atoms with Gasteiger partial charge in [0.05, 0.1) is 19.8 Å². The van der Waals surface area contributed by atoms with E-state index in [1.165, 1.54) is 0 Å². The Morgan fingerprint density at radius 3 is 2.81 bits per heavy atom. The van der Waals surface area contributed by atoms with Gasteiger partial charge in [0.25, 0.3) is 0 Å². The van der Waals surface area contributed by atoms with Crippen molar-refractivity contribution in [3.8, 4) is 5.75 Å². The highest BCUT2D eigenvalue weighted by atomic mass is 79.9. The van der Waals surface area contributed by atoms with E-state index in [1.807, 2.05) is 32.2 Å². The minimum absolute atomic E-state index is 0.197. The van der Waals surface area contributed by atoms with Crippen molar-refractivity contribution in [3.63, 3.8) is 0 Å². The molecule has 0 amide bonds. The zero-order chi connectivity index (χ0) is 12.0. The highest BCUT2D eigenvalue weighted by molar-refractivity contribution is 9.10. The van der Waals surface area contributed by atoms with Crippen LogP contribution in [-0.2, 0) is 11.3 Å². The fraction of sp³-hybridized carbons (Fsp3) is 0.500. The van der Waals surface area contributed by atoms with Crippen molar-refractivity contribution in [1.82, 2.24) is 5.32 Å². The Morgan fingerprint density at radius 2 is 2.19 bits per heavy atom. The van der Waals surface area contributed by atoms with Gasteiger partial charge in [-0.3, -0.25) is 0 Å². The number of methoxy groups -OCH3 is 1. The van der Waals surface area contributed by atoms with Crippen LogP contribution >= 0.6 is 15.9 Å². The standard InChI is InChI=1S/C12H18BrNO2/c1-9(7-14-2)16-8-10-6-11(15-3)4-5-12(10)13/h4-6,9,14H,7-8H2,1-3H3. The topological polar surface area (TPSA) is 30.5 Å². The molecule has 1 unspecified atom stereocenters. The summed E-state index contributed by atoms with van der Waals surface area (Å²) in [6.07, 6.45) is 0.197. The number of halogens is 1. The van der Waals surface area contributed by atoms with Crippen LogP contribution in [0.5, 0.6) is 5.75 Å². The van der Waals surface area contributed by atoms with Crippen LogP contribution in [0, 0.1) is 0 Å². The minimum atomic E-state index is 0.197. The molecule has 0 aliphatic heterocycles. The zero-order valence-corrected chi connectivity index (χ0v) is 11.5. The van der Waals surface area contributed by atoms with Crippen LogP contribution in [0.3, 0.4) is 0 Å². The summed E-state index contributed by atoms with van der Waals surface area (Å²) >= 11 is 3.50. The molecular weight excluding hydrogens is 270 g/mol. The maximum absolute atomic E-state index is 5.70. The SMILES string of the molecule is CNCC(C)OCc1cc(OC)ccc1Br. The van der Waals surface area contributed by atoms with E-state index in [-0.39, 0.29) is 6.10 Å². The van der Waals surface area contributed by atoms with Crippen LogP contribution < -0.4 is 10.1 Å². The van der Waals surface area contributed by atoms with Crippen LogP contribution in [0.2, 0.25) is 0 Å². The second-order valence-electron chi connectivity index (χ2n) is 3.64. The first-order valence-electron chi connectivity index (χ1n) is 5.26. The molecule has 0 aliphatic carbocycles. The number of hydrogen-bond donors (Lipinski definition) is 1. The van der Waals surface area contributed by atoms with E-state index in [4.69, 9.17) is 9.47 Å². The number of benzene rings is 1. The van der Waals surface area contributed by atoms with E-state index < -0.39 is 0 Å². The van der Waals surface area contributed by atoms with E-state index in [9.17, 15) is 0 Å². The molecule has 0 spiro atoms. The molecule has 0 radical (unpaired) electrons. The molecule has 3 nitrogen and oxygen atoms in total. The van der Waals surface area contributed by atoms with Crippen molar-refractivity contribution in [1.29, 1.82) is 0 Å². The molecule has 0 aliphatic rings. The minimum Gasteiger partial charge on any atom is -0.497 e. The summed E-state index contributed by atoms with van der Waals surface area (Å²) in [6, 6.07) is 5.88. The van der Waals surface area contributed by atoms with Gasteiger partial charge in [0.1, 0.15) is 5.75 Å². The maximum Gasteiger partial charge on any atom is 0.119 e. The van der Waals surface area contributed by atoms with Gasteiger partial charge in [-0.15, -0.1) is 0 Å². The highest BCUT2D eigenvalue weighted by Crippen LogP contribution is 2.23. The highest BCUT2D eigenvalue weighted by Gasteiger charge is 2.05. The Balaban J connectivity index is 2.58. The molecular formula is C12H18BrNO2. The van der Waals surface area contributed by atoms with Crippen molar-refractivity contribution in [3.05, 3.63) is 28.2 Å². The normalized spacial score (nSPS) is 12.5. The molecule has 16 heavy (non-hydrogen) atoms. The van der Waals surface area contributed by atoms with Gasteiger partial charge in [-0.05, 0) is 37.7 Å². The summed E-state index contributed by atoms with van der Waals surface area (Å²) in [7, 11) is 3.58. The summed E-state index contributed by atoms with van der Waals surface area (Å²) in [6.45, 7) is 3.48. The fourth-order valence-corrected chi connectivity index (χ4v) is 1.73. The Labute approximate surface area is 105 Å². The molecule has 0 saturated heterocycles. The Bertz CT molecular complexity index is 331. The van der Waals surface area contributed by atoms with Gasteiger partial charge >= 0.3 is 0 Å². The molecule has 0 fully saturated rings. The quantitative estimate of drug-likeness (QED) is 0.872. The molecule has 0 aromatic heterocycles. The number of rotatable bonds is 6. The van der Waals surface area contributed by atoms with E-state index >= 15 is 0 Å². The van der Waals surface area contributed by atoms with Crippen LogP contribution in [0.1, 0.15) is 12.5 Å². The molecule has 1 N–H and O–H groups in total. The average molecular weight is 288 g/mol. The van der Waals surface area contributed by atoms with Crippen LogP contribution in [-0.4, -0.2) is 26.8 Å². The number of likely N-dealkylation sites (N-methyl/N-ethyl adjacent to an activating group) is 1. The third-order valence-electron chi connectivity index (χ3n) is 2.27. The van der Waals surface area contributed by atoms with Gasteiger partial charge in [0, 0.05) is 11.0 Å². The third-order valence-corrected chi connectivity index (χ3v) is 3.04. The van der Waals surface area contributed by atoms with Crippen LogP contribution in [0.15, 0.2) is 22.7 Å². The fourth-order valence-electron chi connectivity index (χ4n) is 1.37. The first kappa shape index (κ1) is 13.5. The molecule has 0 saturated carbocycles. The number of ether oxygens (including phenoxy) is 2. The first-order chi connectivity index (χ1) is 7.67. The molecule has 0 heterocycles. The average Bonchev–Trinajstić information content (AvgIpc) is 2.28. The molecule has 4 heteroatoms. The number of hydrogen-bond acceptors (Lipinski definition) is 3. The van der Waals surface area contributed by atoms with Gasteiger partial charge in [0.15, 0.2) is 0 Å². The Morgan fingerprint density at radius 1 is 1.44 bits per heavy atom. The van der Waals surface area contributed by atoms with Crippen molar-refractivity contribution < 1.29 is 9.47 Å². The van der Waals surface area contributed by atoms with E-state index in [0.717, 1.165) is 22.3 Å². The second-order valence-corrected chi connectivity index (χ2v) is 4.49. The largest absolute Gasteiger partial charge is 0.497 e. The summed E-state index contributed by atoms with van der Waals surface area (Å²) in [5, 5.41) is 3.08. The lowest BCUT2D eigenvalue weighted by Gasteiger charge is -2.13. The van der Waals surface area contributed by atoms with E-state index in [0.29, 0.717) is 6.61 Å². The van der Waals surface area contributed by atoms with Gasteiger partial charge < -0.3 is 14.8 Å². The van der Waals surface area contributed by atoms with Gasteiger partial charge in [-0.1, -0.05) is 15.9 Å². The summed E-state index contributed by atoms with van der Waals surface area (Å²) in [5.74, 6) is 0.850. The summed E-state index contributed by atoms with van der Waals surface area (Å²) in [5.41, 5.74) is 1.10. The van der Waals surface area contributed by atoms with Crippen molar-refractivity contribution in [2.45, 2.75) is 19.6 Å². The van der Waals surface area contributed by atoms with Crippen LogP contribution in [0.25, 0.3) is 0 Å². The molecule has 0 bridgehead atoms. The van der Waals surface area contributed by atoms with Gasteiger partial charge in [0.2, 0.25) is 0 Å². The van der Waals surface area contributed by atoms with Crippen molar-refractivity contribution in [2.24, 2.45) is 0 Å². The van der Waals surface area contributed by atoms with Crippen LogP contribution in [0.4, 0.5) is 0 Å². The maximum atomic E-state index is 5.70. The van der Waals surface area contributed by atoms with E-state index in [2.05, 4.69) is 21.2 Å². The van der Waals surface area contributed by atoms with Crippen molar-refractivity contribution in [2.75, 3.05) is 20.7 Å². The lowest BCUT2D eigenvalue weighted by molar-refractivity contribution is 0.0541. The zero-order valence-electron chi connectivity index (χ0n) is 9.92. The monoisotopic (exact) mass is 287 g/mol. The predicted molar refractivity (Wildman–Crippen MR) is 68.9 cm³/mol. The third kappa shape index (κ3) is 4.12. The van der Waals surface area contributed by atoms with Gasteiger partial charge in [-0.2, -0.15) is 0 Å². The smallest absolute Gasteiger partial charge is 0.119 e. The lowest BCUT2D eigenvalue weighted by Crippen LogP contribution is -2.23. The number of nitrogens with one attached hydrogen (secondary N) is 1. The summed E-state index contributed by atoms with van der Waals surface area (Å²) in [4.78, 5) is 0. The Hall–Kier alpha value is -0.580. The first-order valence-corrected chi connectivity index (χ1v) is 6.05. The van der Waals surface area contributed by atoms with Gasteiger partial charge in [-0.25, -0.2) is 0 Å².